The lowest BCUT2D eigenvalue weighted by molar-refractivity contribution is -0.138. The van der Waals surface area contributed by atoms with E-state index in [2.05, 4.69) is 5.32 Å². The molecule has 1 nitrogen and oxygen atoms in total. The van der Waals surface area contributed by atoms with Crippen LogP contribution >= 0.6 is 0 Å². The predicted octanol–water partition coefficient (Wildman–Crippen LogP) is 3.59. The number of alkyl halides is 4. The van der Waals surface area contributed by atoms with Gasteiger partial charge in [0.2, 0.25) is 0 Å². The Hall–Kier alpha value is -1.10. The van der Waals surface area contributed by atoms with Crippen molar-refractivity contribution in [3.8, 4) is 0 Å². The molecule has 106 valence electrons. The highest BCUT2D eigenvalue weighted by Gasteiger charge is 2.39. The van der Waals surface area contributed by atoms with Crippen LogP contribution in [0.15, 0.2) is 24.3 Å². The van der Waals surface area contributed by atoms with E-state index >= 15 is 0 Å². The minimum absolute atomic E-state index is 0.107. The third-order valence-corrected chi connectivity index (χ3v) is 3.82. The monoisotopic (exact) mass is 275 g/mol. The zero-order valence-electron chi connectivity index (χ0n) is 10.7. The Labute approximate surface area is 110 Å². The van der Waals surface area contributed by atoms with Crippen LogP contribution in [0.5, 0.6) is 0 Å². The van der Waals surface area contributed by atoms with Crippen molar-refractivity contribution in [1.29, 1.82) is 0 Å². The fourth-order valence-corrected chi connectivity index (χ4v) is 2.55. The van der Waals surface area contributed by atoms with E-state index < -0.39 is 23.3 Å². The van der Waals surface area contributed by atoms with Gasteiger partial charge in [0.1, 0.15) is 5.67 Å². The van der Waals surface area contributed by atoms with Crippen molar-refractivity contribution < 1.29 is 17.6 Å². The van der Waals surface area contributed by atoms with Crippen LogP contribution < -0.4 is 5.32 Å². The fraction of sp³-hybridized carbons (Fsp3) is 0.571. The van der Waals surface area contributed by atoms with Crippen molar-refractivity contribution in [2.75, 3.05) is 13.1 Å². The molecule has 2 atom stereocenters. The molecular weight excluding hydrogens is 258 g/mol. The van der Waals surface area contributed by atoms with E-state index in [4.69, 9.17) is 0 Å². The molecule has 19 heavy (non-hydrogen) atoms. The minimum Gasteiger partial charge on any atom is -0.316 e. The van der Waals surface area contributed by atoms with E-state index in [0.717, 1.165) is 6.07 Å². The number of hydrogen-bond acceptors (Lipinski definition) is 1. The number of hydrogen-bond donors (Lipinski definition) is 1. The van der Waals surface area contributed by atoms with Gasteiger partial charge < -0.3 is 5.32 Å². The van der Waals surface area contributed by atoms with Crippen molar-refractivity contribution in [2.24, 2.45) is 5.92 Å². The summed E-state index contributed by atoms with van der Waals surface area (Å²) >= 11 is 0. The maximum Gasteiger partial charge on any atom is 0.416 e. The van der Waals surface area contributed by atoms with E-state index in [1.165, 1.54) is 19.1 Å². The summed E-state index contributed by atoms with van der Waals surface area (Å²) in [7, 11) is 0. The number of halogens is 4. The Morgan fingerprint density at radius 2 is 2.00 bits per heavy atom. The van der Waals surface area contributed by atoms with Crippen molar-refractivity contribution in [1.82, 2.24) is 5.32 Å². The molecule has 1 aromatic carbocycles. The third-order valence-electron chi connectivity index (χ3n) is 3.82. The van der Waals surface area contributed by atoms with Crippen LogP contribution in [0.25, 0.3) is 0 Å². The molecule has 0 radical (unpaired) electrons. The highest BCUT2D eigenvalue weighted by molar-refractivity contribution is 5.30. The van der Waals surface area contributed by atoms with Gasteiger partial charge in [0.05, 0.1) is 5.56 Å². The molecule has 0 aromatic heterocycles. The summed E-state index contributed by atoms with van der Waals surface area (Å²) in [6.45, 7) is 2.47. The predicted molar refractivity (Wildman–Crippen MR) is 65.6 cm³/mol. The van der Waals surface area contributed by atoms with Gasteiger partial charge in [-0.05, 0) is 37.9 Å². The summed E-state index contributed by atoms with van der Waals surface area (Å²) in [5, 5.41) is 3.05. The van der Waals surface area contributed by atoms with Crippen molar-refractivity contribution in [3.05, 3.63) is 35.4 Å². The Balaban J connectivity index is 2.24. The van der Waals surface area contributed by atoms with Gasteiger partial charge in [0.25, 0.3) is 0 Å². The lowest BCUT2D eigenvalue weighted by Gasteiger charge is -2.36. The van der Waals surface area contributed by atoms with E-state index in [1.54, 1.807) is 6.07 Å². The molecule has 0 spiro atoms. The van der Waals surface area contributed by atoms with Crippen LogP contribution in [0.4, 0.5) is 17.6 Å². The first kappa shape index (κ1) is 14.3. The summed E-state index contributed by atoms with van der Waals surface area (Å²) < 4.78 is 53.0. The van der Waals surface area contributed by atoms with Gasteiger partial charge in [-0.25, -0.2) is 4.39 Å². The van der Waals surface area contributed by atoms with E-state index in [0.29, 0.717) is 19.5 Å². The summed E-state index contributed by atoms with van der Waals surface area (Å²) in [4.78, 5) is 0. The smallest absolute Gasteiger partial charge is 0.316 e. The Bertz CT molecular complexity index is 439. The van der Waals surface area contributed by atoms with Gasteiger partial charge in [0, 0.05) is 12.5 Å². The molecule has 1 aliphatic rings. The zero-order valence-corrected chi connectivity index (χ0v) is 10.7. The standard InChI is InChI=1S/C14H17F4N/c1-13(15)6-7-19-9-11(13)8-10-4-2-3-5-12(10)14(16,17)18/h2-5,11,19H,6-9H2,1H3. The van der Waals surface area contributed by atoms with Crippen molar-refractivity contribution in [2.45, 2.75) is 31.6 Å². The number of nitrogens with one attached hydrogen (secondary N) is 1. The molecule has 0 bridgehead atoms. The molecule has 5 heteroatoms. The van der Waals surface area contributed by atoms with Gasteiger partial charge >= 0.3 is 6.18 Å². The van der Waals surface area contributed by atoms with Crippen LogP contribution in [-0.2, 0) is 12.6 Å². The normalized spacial score (nSPS) is 28.4. The number of piperidine rings is 1. The molecule has 1 saturated heterocycles. The first-order valence-electron chi connectivity index (χ1n) is 6.35. The van der Waals surface area contributed by atoms with E-state index in [-0.39, 0.29) is 12.0 Å². The molecule has 0 amide bonds. The zero-order chi connectivity index (χ0) is 14.1. The minimum atomic E-state index is -4.38. The topological polar surface area (TPSA) is 12.0 Å². The van der Waals surface area contributed by atoms with Gasteiger partial charge in [-0.15, -0.1) is 0 Å². The van der Waals surface area contributed by atoms with Gasteiger partial charge in [-0.3, -0.25) is 0 Å². The third kappa shape index (κ3) is 3.26. The SMILES string of the molecule is CC1(F)CCNCC1Cc1ccccc1C(F)(F)F. The molecule has 1 aromatic rings. The molecule has 2 unspecified atom stereocenters. The molecular formula is C14H17F4N. The summed E-state index contributed by atoms with van der Waals surface area (Å²) in [5.41, 5.74) is -1.90. The summed E-state index contributed by atoms with van der Waals surface area (Å²) in [5.74, 6) is -0.426. The molecule has 0 aliphatic carbocycles. The van der Waals surface area contributed by atoms with Gasteiger partial charge in [-0.1, -0.05) is 18.2 Å². The number of rotatable bonds is 2. The highest BCUT2D eigenvalue weighted by Crippen LogP contribution is 2.36. The van der Waals surface area contributed by atoms with Crippen LogP contribution in [0.1, 0.15) is 24.5 Å². The summed E-state index contributed by atoms with van der Waals surface area (Å²) in [6.07, 6.45) is -3.94. The van der Waals surface area contributed by atoms with Crippen molar-refractivity contribution >= 4 is 0 Å². The van der Waals surface area contributed by atoms with Crippen LogP contribution in [-0.4, -0.2) is 18.8 Å². The van der Waals surface area contributed by atoms with Gasteiger partial charge in [-0.2, -0.15) is 13.2 Å². The largest absolute Gasteiger partial charge is 0.416 e. The van der Waals surface area contributed by atoms with Crippen LogP contribution in [0, 0.1) is 5.92 Å². The second kappa shape index (κ2) is 5.12. The van der Waals surface area contributed by atoms with Crippen LogP contribution in [0.2, 0.25) is 0 Å². The fourth-order valence-electron chi connectivity index (χ4n) is 2.55. The molecule has 2 rings (SSSR count). The average Bonchev–Trinajstić information content (AvgIpc) is 2.31. The Morgan fingerprint density at radius 1 is 1.32 bits per heavy atom. The van der Waals surface area contributed by atoms with E-state index in [1.807, 2.05) is 0 Å². The first-order chi connectivity index (χ1) is 8.81. The molecule has 1 aliphatic heterocycles. The lowest BCUT2D eigenvalue weighted by Crippen LogP contribution is -2.46. The molecule has 1 N–H and O–H groups in total. The molecule has 1 heterocycles. The number of benzene rings is 1. The second-order valence-corrected chi connectivity index (χ2v) is 5.29. The maximum atomic E-state index is 14.3. The second-order valence-electron chi connectivity index (χ2n) is 5.29. The quantitative estimate of drug-likeness (QED) is 0.813. The lowest BCUT2D eigenvalue weighted by atomic mass is 9.80. The van der Waals surface area contributed by atoms with Crippen LogP contribution in [0.3, 0.4) is 0 Å². The Kier molecular flexibility index (Phi) is 3.85. The maximum absolute atomic E-state index is 14.3. The summed E-state index contributed by atoms with van der Waals surface area (Å²) in [6, 6.07) is 5.42. The Morgan fingerprint density at radius 3 is 2.63 bits per heavy atom. The molecule has 1 fully saturated rings. The molecule has 0 saturated carbocycles. The average molecular weight is 275 g/mol. The van der Waals surface area contributed by atoms with E-state index in [9.17, 15) is 17.6 Å². The highest BCUT2D eigenvalue weighted by atomic mass is 19.4. The van der Waals surface area contributed by atoms with Crippen molar-refractivity contribution in [3.63, 3.8) is 0 Å². The van der Waals surface area contributed by atoms with Gasteiger partial charge in [0.15, 0.2) is 0 Å². The first-order valence-corrected chi connectivity index (χ1v) is 6.35.